The zero-order chi connectivity index (χ0) is 25.9. The molecule has 0 aliphatic rings. The monoisotopic (exact) mass is 502 g/mol. The third-order valence-corrected chi connectivity index (χ3v) is 7.58. The summed E-state index contributed by atoms with van der Waals surface area (Å²) in [5, 5.41) is 3.14. The second-order valence-electron chi connectivity index (χ2n) is 9.39. The minimum atomic E-state index is -0.590. The van der Waals surface area contributed by atoms with Crippen LogP contribution in [0.4, 0.5) is 0 Å². The van der Waals surface area contributed by atoms with Crippen molar-refractivity contribution >= 4 is 23.6 Å². The summed E-state index contributed by atoms with van der Waals surface area (Å²) in [4.78, 5) is 29.1. The van der Waals surface area contributed by atoms with Crippen molar-refractivity contribution in [2.24, 2.45) is 0 Å². The van der Waals surface area contributed by atoms with Crippen LogP contribution in [0.5, 0.6) is 0 Å². The van der Waals surface area contributed by atoms with Crippen LogP contribution in [0.2, 0.25) is 0 Å². The molecule has 36 heavy (non-hydrogen) atoms. The summed E-state index contributed by atoms with van der Waals surface area (Å²) in [6.07, 6.45) is 1.31. The zero-order valence-corrected chi connectivity index (χ0v) is 22.7. The fraction of sp³-hybridized carbons (Fsp3) is 0.355. The highest BCUT2D eigenvalue weighted by atomic mass is 32.2. The van der Waals surface area contributed by atoms with E-state index in [-0.39, 0.29) is 17.9 Å². The second-order valence-corrected chi connectivity index (χ2v) is 10.4. The highest BCUT2D eigenvalue weighted by Gasteiger charge is 2.31. The Bertz CT molecular complexity index is 1130. The van der Waals surface area contributed by atoms with Crippen molar-refractivity contribution in [2.75, 3.05) is 5.75 Å². The molecule has 190 valence electrons. The van der Waals surface area contributed by atoms with Crippen LogP contribution in [0, 0.1) is 13.8 Å². The van der Waals surface area contributed by atoms with Crippen LogP contribution >= 0.6 is 11.8 Å². The summed E-state index contributed by atoms with van der Waals surface area (Å²) in [6, 6.07) is 25.8. The standard InChI is InChI=1S/C31H38N2O2S/c1-5-25(4)32-31(35)29(19-26-15-7-6-8-16-26)33(20-27-17-11-9-13-23(27)2)30(34)22-36-21-28-18-12-10-14-24(28)3/h6-18,25,29H,5,19-22H2,1-4H3,(H,32,35). The van der Waals surface area contributed by atoms with Gasteiger partial charge >= 0.3 is 0 Å². The Kier molecular flexibility index (Phi) is 10.6. The number of rotatable bonds is 12. The Morgan fingerprint density at radius 1 is 0.861 bits per heavy atom. The molecule has 0 saturated carbocycles. The molecule has 3 aromatic rings. The SMILES string of the molecule is CCC(C)NC(=O)C(Cc1ccccc1)N(Cc1ccccc1C)C(=O)CSCc1ccccc1C. The maximum atomic E-state index is 13.8. The van der Waals surface area contributed by atoms with E-state index in [2.05, 4.69) is 44.3 Å². The summed E-state index contributed by atoms with van der Waals surface area (Å²) in [7, 11) is 0. The molecular weight excluding hydrogens is 464 g/mol. The molecule has 2 amide bonds. The lowest BCUT2D eigenvalue weighted by Gasteiger charge is -2.32. The summed E-state index contributed by atoms with van der Waals surface area (Å²) >= 11 is 1.60. The van der Waals surface area contributed by atoms with E-state index in [1.807, 2.05) is 67.6 Å². The number of amides is 2. The topological polar surface area (TPSA) is 49.4 Å². The van der Waals surface area contributed by atoms with Gasteiger partial charge in [-0.2, -0.15) is 0 Å². The maximum Gasteiger partial charge on any atom is 0.243 e. The Morgan fingerprint density at radius 2 is 1.44 bits per heavy atom. The fourth-order valence-corrected chi connectivity index (χ4v) is 5.06. The van der Waals surface area contributed by atoms with Gasteiger partial charge in [-0.3, -0.25) is 9.59 Å². The first-order valence-electron chi connectivity index (χ1n) is 12.7. The Hall–Kier alpha value is -3.05. The molecule has 0 spiro atoms. The van der Waals surface area contributed by atoms with Crippen molar-refractivity contribution in [1.82, 2.24) is 10.2 Å². The minimum Gasteiger partial charge on any atom is -0.352 e. The largest absolute Gasteiger partial charge is 0.352 e. The molecule has 1 N–H and O–H groups in total. The minimum absolute atomic E-state index is 0.0166. The molecule has 2 unspecified atom stereocenters. The predicted molar refractivity (Wildman–Crippen MR) is 151 cm³/mol. The number of thioether (sulfide) groups is 1. The van der Waals surface area contributed by atoms with Crippen LogP contribution in [0.3, 0.4) is 0 Å². The van der Waals surface area contributed by atoms with E-state index in [1.54, 1.807) is 16.7 Å². The van der Waals surface area contributed by atoms with E-state index in [9.17, 15) is 9.59 Å². The van der Waals surface area contributed by atoms with Crippen LogP contribution in [0.15, 0.2) is 78.9 Å². The first kappa shape index (κ1) is 27.5. The molecular formula is C31H38N2O2S. The number of hydrogen-bond acceptors (Lipinski definition) is 3. The Morgan fingerprint density at radius 3 is 2.06 bits per heavy atom. The van der Waals surface area contributed by atoms with E-state index in [0.29, 0.717) is 18.7 Å². The number of benzene rings is 3. The first-order valence-corrected chi connectivity index (χ1v) is 13.8. The molecule has 0 aliphatic heterocycles. The average molecular weight is 503 g/mol. The number of carbonyl (C=O) groups is 2. The third-order valence-electron chi connectivity index (χ3n) is 6.62. The molecule has 0 bridgehead atoms. The van der Waals surface area contributed by atoms with E-state index in [0.717, 1.165) is 28.9 Å². The lowest BCUT2D eigenvalue weighted by Crippen LogP contribution is -2.52. The number of aryl methyl sites for hydroxylation is 2. The van der Waals surface area contributed by atoms with Gasteiger partial charge in [-0.05, 0) is 55.0 Å². The molecule has 0 fully saturated rings. The molecule has 0 aliphatic carbocycles. The van der Waals surface area contributed by atoms with Crippen molar-refractivity contribution in [3.8, 4) is 0 Å². The van der Waals surface area contributed by atoms with Crippen LogP contribution < -0.4 is 5.32 Å². The third kappa shape index (κ3) is 7.99. The lowest BCUT2D eigenvalue weighted by atomic mass is 10.0. The van der Waals surface area contributed by atoms with Gasteiger partial charge in [-0.25, -0.2) is 0 Å². The number of carbonyl (C=O) groups excluding carboxylic acids is 2. The molecule has 0 radical (unpaired) electrons. The van der Waals surface area contributed by atoms with Crippen molar-refractivity contribution in [3.05, 3.63) is 107 Å². The number of nitrogens with zero attached hydrogens (tertiary/aromatic N) is 1. The van der Waals surface area contributed by atoms with E-state index in [4.69, 9.17) is 0 Å². The molecule has 5 heteroatoms. The molecule has 3 rings (SSSR count). The molecule has 3 aromatic carbocycles. The van der Waals surface area contributed by atoms with Gasteiger partial charge in [0.2, 0.25) is 11.8 Å². The summed E-state index contributed by atoms with van der Waals surface area (Å²) in [5.74, 6) is 0.970. The molecule has 0 aromatic heterocycles. The van der Waals surface area contributed by atoms with Crippen molar-refractivity contribution in [2.45, 2.75) is 64.9 Å². The highest BCUT2D eigenvalue weighted by Crippen LogP contribution is 2.21. The summed E-state index contributed by atoms with van der Waals surface area (Å²) < 4.78 is 0. The molecule has 2 atom stereocenters. The maximum absolute atomic E-state index is 13.8. The van der Waals surface area contributed by atoms with E-state index in [1.165, 1.54) is 11.1 Å². The highest BCUT2D eigenvalue weighted by molar-refractivity contribution is 7.99. The van der Waals surface area contributed by atoms with Gasteiger partial charge in [0.25, 0.3) is 0 Å². The molecule has 0 heterocycles. The van der Waals surface area contributed by atoms with Crippen LogP contribution in [-0.4, -0.2) is 34.6 Å². The van der Waals surface area contributed by atoms with Gasteiger partial charge in [0.15, 0.2) is 0 Å². The predicted octanol–water partition coefficient (Wildman–Crippen LogP) is 6.09. The average Bonchev–Trinajstić information content (AvgIpc) is 2.88. The van der Waals surface area contributed by atoms with E-state index < -0.39 is 6.04 Å². The normalized spacial score (nSPS) is 12.6. The van der Waals surface area contributed by atoms with Crippen molar-refractivity contribution < 1.29 is 9.59 Å². The second kappa shape index (κ2) is 13.9. The van der Waals surface area contributed by atoms with Crippen LogP contribution in [-0.2, 0) is 28.3 Å². The van der Waals surface area contributed by atoms with Crippen LogP contribution in [0.1, 0.15) is 48.1 Å². The number of nitrogens with one attached hydrogen (secondary N) is 1. The van der Waals surface area contributed by atoms with Gasteiger partial charge in [0.05, 0.1) is 5.75 Å². The zero-order valence-electron chi connectivity index (χ0n) is 21.9. The smallest absolute Gasteiger partial charge is 0.243 e. The first-order chi connectivity index (χ1) is 17.4. The number of hydrogen-bond donors (Lipinski definition) is 1. The quantitative estimate of drug-likeness (QED) is 0.326. The fourth-order valence-electron chi connectivity index (χ4n) is 4.07. The van der Waals surface area contributed by atoms with Crippen LogP contribution in [0.25, 0.3) is 0 Å². The summed E-state index contributed by atoms with van der Waals surface area (Å²) in [5.41, 5.74) is 5.67. The van der Waals surface area contributed by atoms with Gasteiger partial charge in [0.1, 0.15) is 6.04 Å². The van der Waals surface area contributed by atoms with Gasteiger partial charge in [-0.1, -0.05) is 85.8 Å². The molecule has 0 saturated heterocycles. The van der Waals surface area contributed by atoms with E-state index >= 15 is 0 Å². The Labute approximate surface area is 220 Å². The van der Waals surface area contributed by atoms with Crippen molar-refractivity contribution in [3.63, 3.8) is 0 Å². The lowest BCUT2D eigenvalue weighted by molar-refractivity contribution is -0.139. The van der Waals surface area contributed by atoms with Gasteiger partial charge in [0, 0.05) is 24.8 Å². The van der Waals surface area contributed by atoms with Gasteiger partial charge in [-0.15, -0.1) is 11.8 Å². The molecule has 4 nitrogen and oxygen atoms in total. The van der Waals surface area contributed by atoms with Crippen molar-refractivity contribution in [1.29, 1.82) is 0 Å². The Balaban J connectivity index is 1.87. The van der Waals surface area contributed by atoms with Gasteiger partial charge < -0.3 is 10.2 Å². The summed E-state index contributed by atoms with van der Waals surface area (Å²) in [6.45, 7) is 8.61.